The predicted octanol–water partition coefficient (Wildman–Crippen LogP) is 2.22. The molecule has 0 unspecified atom stereocenters. The van der Waals surface area contributed by atoms with E-state index in [2.05, 4.69) is 36.2 Å². The molecule has 0 atom stereocenters. The molecule has 3 N–H and O–H groups in total. The van der Waals surface area contributed by atoms with Gasteiger partial charge in [-0.15, -0.1) is 11.8 Å². The standard InChI is InChI=1S/C10H18N4S/c1-5-7-12-8(14-11)6-9(13-7)15-10(2,3)4/h6H,5,11H2,1-4H3,(H,12,13,14). The monoisotopic (exact) mass is 226 g/mol. The normalized spacial score (nSPS) is 11.5. The first kappa shape index (κ1) is 12.3. The number of hydrogen-bond donors (Lipinski definition) is 2. The molecule has 0 bridgehead atoms. The molecule has 84 valence electrons. The molecule has 1 aromatic rings. The Balaban J connectivity index is 2.97. The quantitative estimate of drug-likeness (QED) is 0.358. The topological polar surface area (TPSA) is 63.8 Å². The molecule has 1 rings (SSSR count). The van der Waals surface area contributed by atoms with Gasteiger partial charge < -0.3 is 5.43 Å². The van der Waals surface area contributed by atoms with Gasteiger partial charge in [-0.05, 0) is 0 Å². The largest absolute Gasteiger partial charge is 0.308 e. The summed E-state index contributed by atoms with van der Waals surface area (Å²) < 4.78 is 0.144. The molecule has 15 heavy (non-hydrogen) atoms. The lowest BCUT2D eigenvalue weighted by Gasteiger charge is -2.17. The highest BCUT2D eigenvalue weighted by atomic mass is 32.2. The van der Waals surface area contributed by atoms with Crippen LogP contribution in [0.3, 0.4) is 0 Å². The summed E-state index contributed by atoms with van der Waals surface area (Å²) in [5, 5.41) is 0.960. The smallest absolute Gasteiger partial charge is 0.144 e. The van der Waals surface area contributed by atoms with Crippen molar-refractivity contribution in [2.24, 2.45) is 5.84 Å². The molecule has 0 aromatic carbocycles. The number of nitrogens with two attached hydrogens (primary N) is 1. The van der Waals surface area contributed by atoms with Crippen LogP contribution in [0.5, 0.6) is 0 Å². The number of thioether (sulfide) groups is 1. The third kappa shape index (κ3) is 4.05. The fraction of sp³-hybridized carbons (Fsp3) is 0.600. The number of rotatable bonds is 3. The highest BCUT2D eigenvalue weighted by molar-refractivity contribution is 8.00. The first-order chi connectivity index (χ1) is 6.94. The minimum Gasteiger partial charge on any atom is -0.308 e. The first-order valence-corrected chi connectivity index (χ1v) is 5.80. The number of nitrogens with zero attached hydrogens (tertiary/aromatic N) is 2. The van der Waals surface area contributed by atoms with Crippen molar-refractivity contribution in [3.05, 3.63) is 11.9 Å². The number of aryl methyl sites for hydroxylation is 1. The number of aromatic nitrogens is 2. The van der Waals surface area contributed by atoms with E-state index in [0.717, 1.165) is 17.3 Å². The zero-order chi connectivity index (χ0) is 11.5. The minimum absolute atomic E-state index is 0.144. The Bertz CT molecular complexity index is 310. The van der Waals surface area contributed by atoms with Gasteiger partial charge in [-0.3, -0.25) is 0 Å². The highest BCUT2D eigenvalue weighted by Gasteiger charge is 2.14. The van der Waals surface area contributed by atoms with Crippen LogP contribution in [-0.2, 0) is 6.42 Å². The Labute approximate surface area is 95.0 Å². The average molecular weight is 226 g/mol. The fourth-order valence-corrected chi connectivity index (χ4v) is 2.02. The molecule has 0 fully saturated rings. The Hall–Kier alpha value is -0.810. The van der Waals surface area contributed by atoms with E-state index in [1.807, 2.05) is 13.0 Å². The van der Waals surface area contributed by atoms with Gasteiger partial charge in [-0.25, -0.2) is 15.8 Å². The molecule has 0 saturated carbocycles. The molecule has 0 aliphatic heterocycles. The van der Waals surface area contributed by atoms with Crippen LogP contribution in [0.1, 0.15) is 33.5 Å². The van der Waals surface area contributed by atoms with Crippen LogP contribution in [0.15, 0.2) is 11.1 Å². The molecule has 4 nitrogen and oxygen atoms in total. The van der Waals surface area contributed by atoms with E-state index in [4.69, 9.17) is 5.84 Å². The van der Waals surface area contributed by atoms with Gasteiger partial charge in [0.1, 0.15) is 16.7 Å². The van der Waals surface area contributed by atoms with E-state index in [1.54, 1.807) is 11.8 Å². The third-order valence-electron chi connectivity index (χ3n) is 1.62. The second-order valence-corrected chi connectivity index (χ2v) is 6.07. The van der Waals surface area contributed by atoms with Crippen LogP contribution in [0, 0.1) is 0 Å². The second-order valence-electron chi connectivity index (χ2n) is 4.22. The maximum Gasteiger partial charge on any atom is 0.144 e. The Morgan fingerprint density at radius 2 is 2.07 bits per heavy atom. The van der Waals surface area contributed by atoms with Crippen molar-refractivity contribution < 1.29 is 0 Å². The van der Waals surface area contributed by atoms with Gasteiger partial charge in [0.2, 0.25) is 0 Å². The van der Waals surface area contributed by atoms with Crippen molar-refractivity contribution in [1.29, 1.82) is 0 Å². The van der Waals surface area contributed by atoms with Gasteiger partial charge >= 0.3 is 0 Å². The summed E-state index contributed by atoms with van der Waals surface area (Å²) in [5.41, 5.74) is 2.56. The molecular formula is C10H18N4S. The summed E-state index contributed by atoms with van der Waals surface area (Å²) in [4.78, 5) is 8.68. The summed E-state index contributed by atoms with van der Waals surface area (Å²) in [6.07, 6.45) is 0.813. The molecule has 0 spiro atoms. The first-order valence-electron chi connectivity index (χ1n) is 4.98. The van der Waals surface area contributed by atoms with Crippen LogP contribution < -0.4 is 11.3 Å². The zero-order valence-electron chi connectivity index (χ0n) is 9.66. The molecule has 5 heteroatoms. The Morgan fingerprint density at radius 1 is 1.40 bits per heavy atom. The number of nitrogens with one attached hydrogen (secondary N) is 1. The van der Waals surface area contributed by atoms with Crippen molar-refractivity contribution in [2.75, 3.05) is 5.43 Å². The van der Waals surface area contributed by atoms with Gasteiger partial charge in [0, 0.05) is 17.2 Å². The summed E-state index contributed by atoms with van der Waals surface area (Å²) >= 11 is 1.71. The molecule has 1 heterocycles. The maximum absolute atomic E-state index is 5.36. The van der Waals surface area contributed by atoms with Crippen molar-refractivity contribution >= 4 is 17.6 Å². The van der Waals surface area contributed by atoms with Crippen molar-refractivity contribution in [3.8, 4) is 0 Å². The van der Waals surface area contributed by atoms with E-state index < -0.39 is 0 Å². The molecule has 0 aliphatic carbocycles. The van der Waals surface area contributed by atoms with Gasteiger partial charge in [-0.2, -0.15) is 0 Å². The van der Waals surface area contributed by atoms with Crippen molar-refractivity contribution in [2.45, 2.75) is 43.9 Å². The van der Waals surface area contributed by atoms with Crippen LogP contribution in [-0.4, -0.2) is 14.7 Å². The average Bonchev–Trinajstić information content (AvgIpc) is 2.14. The molecule has 0 aliphatic rings. The molecule has 0 amide bonds. The number of hydrogen-bond acceptors (Lipinski definition) is 5. The van der Waals surface area contributed by atoms with Gasteiger partial charge in [0.15, 0.2) is 0 Å². The van der Waals surface area contributed by atoms with Crippen LogP contribution in [0.25, 0.3) is 0 Å². The number of anilines is 1. The number of nitrogen functional groups attached to an aromatic ring is 1. The maximum atomic E-state index is 5.36. The van der Waals surface area contributed by atoms with E-state index in [1.165, 1.54) is 0 Å². The SMILES string of the molecule is CCc1nc(NN)cc(SC(C)(C)C)n1. The molecular weight excluding hydrogens is 208 g/mol. The van der Waals surface area contributed by atoms with Crippen LogP contribution >= 0.6 is 11.8 Å². The minimum atomic E-state index is 0.144. The third-order valence-corrected chi connectivity index (χ3v) is 2.65. The fourth-order valence-electron chi connectivity index (χ4n) is 1.07. The molecule has 0 radical (unpaired) electrons. The predicted molar refractivity (Wildman–Crippen MR) is 64.8 cm³/mol. The van der Waals surface area contributed by atoms with E-state index in [9.17, 15) is 0 Å². The van der Waals surface area contributed by atoms with Gasteiger partial charge in [0.25, 0.3) is 0 Å². The van der Waals surface area contributed by atoms with Crippen molar-refractivity contribution in [1.82, 2.24) is 9.97 Å². The Kier molecular flexibility index (Phi) is 3.93. The summed E-state index contributed by atoms with van der Waals surface area (Å²) in [6.45, 7) is 8.49. The zero-order valence-corrected chi connectivity index (χ0v) is 10.5. The van der Waals surface area contributed by atoms with Gasteiger partial charge in [0.05, 0.1) is 0 Å². The van der Waals surface area contributed by atoms with Crippen LogP contribution in [0.2, 0.25) is 0 Å². The summed E-state index contributed by atoms with van der Waals surface area (Å²) in [7, 11) is 0. The van der Waals surface area contributed by atoms with E-state index in [0.29, 0.717) is 5.82 Å². The van der Waals surface area contributed by atoms with Gasteiger partial charge in [-0.1, -0.05) is 27.7 Å². The Morgan fingerprint density at radius 3 is 2.53 bits per heavy atom. The highest BCUT2D eigenvalue weighted by Crippen LogP contribution is 2.31. The lowest BCUT2D eigenvalue weighted by atomic mass is 10.3. The van der Waals surface area contributed by atoms with Crippen LogP contribution in [0.4, 0.5) is 5.82 Å². The summed E-state index contributed by atoms with van der Waals surface area (Å²) in [5.74, 6) is 6.85. The number of hydrazine groups is 1. The second kappa shape index (κ2) is 4.81. The molecule has 0 saturated heterocycles. The van der Waals surface area contributed by atoms with E-state index in [-0.39, 0.29) is 4.75 Å². The lowest BCUT2D eigenvalue weighted by molar-refractivity contribution is 0.794. The lowest BCUT2D eigenvalue weighted by Crippen LogP contribution is -2.12. The summed E-state index contributed by atoms with van der Waals surface area (Å²) in [6, 6.07) is 1.87. The van der Waals surface area contributed by atoms with Crippen molar-refractivity contribution in [3.63, 3.8) is 0 Å². The van der Waals surface area contributed by atoms with E-state index >= 15 is 0 Å². The molecule has 1 aromatic heterocycles.